The van der Waals surface area contributed by atoms with Gasteiger partial charge in [0.25, 0.3) is 0 Å². The van der Waals surface area contributed by atoms with Gasteiger partial charge in [-0.25, -0.2) is 4.79 Å². The van der Waals surface area contributed by atoms with Crippen molar-refractivity contribution in [1.29, 1.82) is 0 Å². The summed E-state index contributed by atoms with van der Waals surface area (Å²) in [5.74, 6) is -1.63. The first-order valence-electron chi connectivity index (χ1n) is 11.2. The van der Waals surface area contributed by atoms with Crippen molar-refractivity contribution in [2.24, 2.45) is 0 Å². The maximum Gasteiger partial charge on any atom is 0.416 e. The van der Waals surface area contributed by atoms with Crippen LogP contribution in [-0.4, -0.2) is 29.6 Å². The van der Waals surface area contributed by atoms with Crippen LogP contribution in [0, 0.1) is 0 Å². The monoisotopic (exact) mass is 502 g/mol. The Balaban J connectivity index is 1.59. The molecule has 0 spiro atoms. The first kappa shape index (κ1) is 25.1. The minimum Gasteiger partial charge on any atom is -0.443 e. The predicted molar refractivity (Wildman–Crippen MR) is 128 cm³/mol. The molecule has 9 heteroatoms. The number of rotatable bonds is 7. The van der Waals surface area contributed by atoms with E-state index in [9.17, 15) is 22.8 Å². The number of ether oxygens (including phenoxy) is 1. The molecule has 0 amide bonds. The van der Waals surface area contributed by atoms with E-state index in [2.05, 4.69) is 10.6 Å². The van der Waals surface area contributed by atoms with Crippen molar-refractivity contribution in [3.63, 3.8) is 0 Å². The largest absolute Gasteiger partial charge is 0.443 e. The lowest BCUT2D eigenvalue weighted by atomic mass is 9.79. The Labute approximate surface area is 205 Å². The number of thioether (sulfide) groups is 1. The lowest BCUT2D eigenvalue weighted by molar-refractivity contribution is -0.145. The van der Waals surface area contributed by atoms with Crippen LogP contribution in [0.4, 0.5) is 13.2 Å². The first-order valence-corrected chi connectivity index (χ1v) is 12.2. The topological polar surface area (TPSA) is 67.4 Å². The third-order valence-corrected chi connectivity index (χ3v) is 6.90. The third kappa shape index (κ3) is 5.46. The number of carbonyl (C=O) groups excluding carboxylic acids is 2. The minimum absolute atomic E-state index is 0.00742. The van der Waals surface area contributed by atoms with E-state index in [1.807, 2.05) is 30.3 Å². The number of allylic oxidation sites excluding steroid dienone is 1. The fraction of sp³-hybridized carbons (Fsp3) is 0.308. The number of esters is 1. The van der Waals surface area contributed by atoms with Crippen molar-refractivity contribution in [1.82, 2.24) is 10.6 Å². The summed E-state index contributed by atoms with van der Waals surface area (Å²) in [6, 6.07) is 14.8. The molecule has 0 aliphatic carbocycles. The highest BCUT2D eigenvalue weighted by Gasteiger charge is 2.45. The maximum absolute atomic E-state index is 13.9. The average Bonchev–Trinajstić information content (AvgIpc) is 3.18. The van der Waals surface area contributed by atoms with Gasteiger partial charge in [-0.15, -0.1) is 0 Å². The van der Waals surface area contributed by atoms with E-state index < -0.39 is 29.9 Å². The van der Waals surface area contributed by atoms with Crippen LogP contribution < -0.4 is 10.6 Å². The highest BCUT2D eigenvalue weighted by atomic mass is 32.2. The van der Waals surface area contributed by atoms with Crippen LogP contribution in [0.2, 0.25) is 0 Å². The van der Waals surface area contributed by atoms with Crippen molar-refractivity contribution in [3.8, 4) is 0 Å². The Hall–Kier alpha value is -3.04. The van der Waals surface area contributed by atoms with Gasteiger partial charge in [0.05, 0.1) is 11.1 Å². The van der Waals surface area contributed by atoms with E-state index in [0.29, 0.717) is 23.7 Å². The maximum atomic E-state index is 13.9. The molecule has 0 bridgehead atoms. The van der Waals surface area contributed by atoms with Crippen LogP contribution in [0.25, 0.3) is 0 Å². The molecule has 2 N–H and O–H groups in total. The van der Waals surface area contributed by atoms with E-state index in [1.165, 1.54) is 18.2 Å². The molecular formula is C26H25F3N2O3S. The quantitative estimate of drug-likeness (QED) is 0.414. The highest BCUT2D eigenvalue weighted by Crippen LogP contribution is 2.47. The Bertz CT molecular complexity index is 1190. The molecule has 0 radical (unpaired) electrons. The summed E-state index contributed by atoms with van der Waals surface area (Å²) in [4.78, 5) is 26.0. The van der Waals surface area contributed by atoms with Gasteiger partial charge in [-0.3, -0.25) is 10.1 Å². The van der Waals surface area contributed by atoms with Crippen LogP contribution in [0.15, 0.2) is 77.1 Å². The summed E-state index contributed by atoms with van der Waals surface area (Å²) in [7, 11) is 0. The molecule has 2 aromatic rings. The van der Waals surface area contributed by atoms with Gasteiger partial charge in [-0.1, -0.05) is 60.3 Å². The van der Waals surface area contributed by atoms with Gasteiger partial charge in [0.1, 0.15) is 0 Å². The molecule has 2 atom stereocenters. The van der Waals surface area contributed by atoms with E-state index in [0.717, 1.165) is 29.8 Å². The van der Waals surface area contributed by atoms with Gasteiger partial charge in [-0.05, 0) is 37.5 Å². The molecule has 0 fully saturated rings. The minimum atomic E-state index is -4.65. The molecule has 2 aliphatic rings. The van der Waals surface area contributed by atoms with E-state index in [4.69, 9.17) is 4.74 Å². The van der Waals surface area contributed by atoms with E-state index in [-0.39, 0.29) is 21.8 Å². The Morgan fingerprint density at radius 2 is 1.86 bits per heavy atom. The molecule has 5 nitrogen and oxygen atoms in total. The van der Waals surface area contributed by atoms with Gasteiger partial charge in [0, 0.05) is 35.2 Å². The van der Waals surface area contributed by atoms with Crippen molar-refractivity contribution in [2.45, 2.75) is 38.6 Å². The molecule has 184 valence electrons. The number of alkyl halides is 3. The van der Waals surface area contributed by atoms with Crippen LogP contribution in [0.1, 0.15) is 36.5 Å². The first-order chi connectivity index (χ1) is 16.7. The molecule has 35 heavy (non-hydrogen) atoms. The second-order valence-corrected chi connectivity index (χ2v) is 9.34. The zero-order valence-corrected chi connectivity index (χ0v) is 20.1. The Kier molecular flexibility index (Phi) is 7.37. The van der Waals surface area contributed by atoms with Crippen molar-refractivity contribution >= 4 is 22.8 Å². The average molecular weight is 503 g/mol. The third-order valence-electron chi connectivity index (χ3n) is 5.98. The second kappa shape index (κ2) is 10.3. The summed E-state index contributed by atoms with van der Waals surface area (Å²) in [6.07, 6.45) is -4.61. The van der Waals surface area contributed by atoms with Gasteiger partial charge in [0.2, 0.25) is 5.12 Å². The summed E-state index contributed by atoms with van der Waals surface area (Å²) in [5, 5.41) is 5.82. The van der Waals surface area contributed by atoms with E-state index in [1.54, 1.807) is 13.8 Å². The second-order valence-electron chi connectivity index (χ2n) is 8.39. The summed E-state index contributed by atoms with van der Waals surface area (Å²) in [6.45, 7) is 3.82. The molecular weight excluding hydrogens is 477 g/mol. The summed E-state index contributed by atoms with van der Waals surface area (Å²) >= 11 is 1.01. The number of nitrogens with one attached hydrogen (secondary N) is 2. The Morgan fingerprint density at radius 3 is 2.57 bits per heavy atom. The number of dihydropyridines is 1. The van der Waals surface area contributed by atoms with Crippen LogP contribution >= 0.6 is 11.8 Å². The van der Waals surface area contributed by atoms with Crippen molar-refractivity contribution in [3.05, 3.63) is 93.8 Å². The van der Waals surface area contributed by atoms with Crippen LogP contribution in [0.3, 0.4) is 0 Å². The van der Waals surface area contributed by atoms with Gasteiger partial charge in [-0.2, -0.15) is 13.2 Å². The van der Waals surface area contributed by atoms with Crippen LogP contribution in [0.5, 0.6) is 0 Å². The number of carbonyl (C=O) groups is 2. The van der Waals surface area contributed by atoms with Gasteiger partial charge >= 0.3 is 12.1 Å². The lowest BCUT2D eigenvalue weighted by Crippen LogP contribution is -2.36. The molecule has 2 heterocycles. The van der Waals surface area contributed by atoms with Gasteiger partial charge in [0.15, 0.2) is 6.23 Å². The van der Waals surface area contributed by atoms with Crippen molar-refractivity contribution < 1.29 is 27.5 Å². The van der Waals surface area contributed by atoms with E-state index >= 15 is 0 Å². The summed E-state index contributed by atoms with van der Waals surface area (Å²) in [5.41, 5.74) is 1.19. The molecule has 2 aromatic carbocycles. The zero-order chi connectivity index (χ0) is 25.2. The molecule has 2 unspecified atom stereocenters. The number of halogens is 3. The molecule has 0 saturated carbocycles. The Morgan fingerprint density at radius 1 is 1.17 bits per heavy atom. The SMILES string of the molecule is CC1=C(C(=O)OC(C)NCCc2ccccc2)C(c2ccccc2C(F)(F)F)C2=C(CSC2=O)N1. The lowest BCUT2D eigenvalue weighted by Gasteiger charge is -2.31. The fourth-order valence-corrected chi connectivity index (χ4v) is 5.29. The zero-order valence-electron chi connectivity index (χ0n) is 19.2. The number of benzene rings is 2. The predicted octanol–water partition coefficient (Wildman–Crippen LogP) is 4.92. The number of hydrogen-bond acceptors (Lipinski definition) is 6. The van der Waals surface area contributed by atoms with Crippen molar-refractivity contribution in [2.75, 3.05) is 12.3 Å². The molecule has 4 rings (SSSR count). The normalized spacial score (nSPS) is 18.9. The van der Waals surface area contributed by atoms with Gasteiger partial charge < -0.3 is 10.1 Å². The molecule has 2 aliphatic heterocycles. The van der Waals surface area contributed by atoms with Crippen LogP contribution in [-0.2, 0) is 26.9 Å². The molecule has 0 saturated heterocycles. The highest BCUT2D eigenvalue weighted by molar-refractivity contribution is 8.14. The molecule has 0 aromatic heterocycles. The standard InChI is InChI=1S/C26H25F3N2O3S/c1-15-21(24(32)34-16(2)30-13-12-17-8-4-3-5-9-17)22(23-20(31-15)14-35-25(23)33)18-10-6-7-11-19(18)26(27,28)29/h3-11,16,22,30-31H,12-14H2,1-2H3. The smallest absolute Gasteiger partial charge is 0.416 e. The fourth-order valence-electron chi connectivity index (χ4n) is 4.39. The number of hydrogen-bond donors (Lipinski definition) is 2. The summed E-state index contributed by atoms with van der Waals surface area (Å²) < 4.78 is 47.3.